The summed E-state index contributed by atoms with van der Waals surface area (Å²) in [6, 6.07) is 26.5. The highest BCUT2D eigenvalue weighted by Crippen LogP contribution is 2.44. The molecule has 5 aromatic rings. The van der Waals surface area contributed by atoms with Gasteiger partial charge in [0.05, 0.1) is 42.4 Å². The fraction of sp³-hybridized carbons (Fsp3) is 0.457. The maximum Gasteiger partial charge on any atom is 0.410 e. The Labute approximate surface area is 683 Å². The molecule has 0 saturated carbocycles. The molecule has 12 amide bonds. The van der Waals surface area contributed by atoms with Crippen LogP contribution in [0.25, 0.3) is 11.1 Å². The zero-order valence-corrected chi connectivity index (χ0v) is 68.3. The number of non-ortho nitro benzene ring substituents is 1. The van der Waals surface area contributed by atoms with Crippen LogP contribution in [0.15, 0.2) is 138 Å². The quantitative estimate of drug-likeness (QED) is 0.00751. The van der Waals surface area contributed by atoms with E-state index in [0.717, 1.165) is 34.9 Å². The van der Waals surface area contributed by atoms with Gasteiger partial charge >= 0.3 is 30.2 Å². The van der Waals surface area contributed by atoms with Crippen molar-refractivity contribution in [3.63, 3.8) is 0 Å². The van der Waals surface area contributed by atoms with Crippen LogP contribution in [-0.2, 0) is 83.0 Å². The Kier molecular flexibility index (Phi) is 35.5. The number of benzene rings is 5. The van der Waals surface area contributed by atoms with Gasteiger partial charge in [-0.15, -0.1) is 0 Å². The molecule has 0 saturated heterocycles. The maximum absolute atomic E-state index is 14.6. The van der Waals surface area contributed by atoms with Crippen molar-refractivity contribution in [1.29, 1.82) is 0 Å². The number of nitrogens with two attached hydrogens (primary N) is 1. The van der Waals surface area contributed by atoms with E-state index < -0.39 is 187 Å². The van der Waals surface area contributed by atoms with Gasteiger partial charge in [0.15, 0.2) is 0 Å². The fourth-order valence-electron chi connectivity index (χ4n) is 11.8. The minimum absolute atomic E-state index is 0.00880. The summed E-state index contributed by atoms with van der Waals surface area (Å²) in [6.07, 6.45) is -5.81. The molecule has 0 bridgehead atoms. The Morgan fingerprint density at radius 1 is 0.542 bits per heavy atom. The fourth-order valence-corrected chi connectivity index (χ4v) is 11.8. The van der Waals surface area contributed by atoms with Gasteiger partial charge in [-0.3, -0.25) is 63.0 Å². The van der Waals surface area contributed by atoms with E-state index in [-0.39, 0.29) is 50.2 Å². The van der Waals surface area contributed by atoms with Crippen LogP contribution < -0.4 is 63.8 Å². The molecule has 37 nitrogen and oxygen atoms in total. The number of nitrogens with zero attached hydrogens (tertiary/aromatic N) is 5. The van der Waals surface area contributed by atoms with Crippen LogP contribution in [0, 0.1) is 22.0 Å². The second-order valence-electron chi connectivity index (χ2n) is 30.4. The van der Waals surface area contributed by atoms with Crippen molar-refractivity contribution in [1.82, 2.24) is 58.1 Å². The van der Waals surface area contributed by atoms with E-state index in [1.54, 1.807) is 103 Å². The lowest BCUT2D eigenvalue weighted by molar-refractivity contribution is -0.384. The van der Waals surface area contributed by atoms with Crippen molar-refractivity contribution in [2.45, 2.75) is 169 Å². The van der Waals surface area contributed by atoms with Crippen molar-refractivity contribution in [2.75, 3.05) is 63.9 Å². The average Bonchev–Trinajstić information content (AvgIpc) is 1.61. The number of anilines is 1. The van der Waals surface area contributed by atoms with Crippen LogP contribution in [0.3, 0.4) is 0 Å². The molecule has 0 aliphatic heterocycles. The number of hydrogen-bond donors (Lipinski definition) is 11. The summed E-state index contributed by atoms with van der Waals surface area (Å²) in [6.45, 7) is 16.9. The Morgan fingerprint density at radius 3 is 1.67 bits per heavy atom. The van der Waals surface area contributed by atoms with Gasteiger partial charge in [-0.2, -0.15) is 10.2 Å². The highest BCUT2D eigenvalue weighted by molar-refractivity contribution is 5.97. The van der Waals surface area contributed by atoms with Crippen molar-refractivity contribution < 1.29 is 95.7 Å². The molecule has 118 heavy (non-hydrogen) atoms. The number of ether oxygens (including phenoxy) is 5. The lowest BCUT2D eigenvalue weighted by Gasteiger charge is -2.29. The molecular formula is C81H106N16O21. The molecule has 0 fully saturated rings. The Morgan fingerprint density at radius 2 is 1.10 bits per heavy atom. The zero-order chi connectivity index (χ0) is 87.1. The predicted octanol–water partition coefficient (Wildman–Crippen LogP) is 5.55. The van der Waals surface area contributed by atoms with Crippen LogP contribution in [0.1, 0.15) is 125 Å². The van der Waals surface area contributed by atoms with Crippen molar-refractivity contribution in [3.05, 3.63) is 154 Å². The molecule has 1 aliphatic rings. The molecular weight excluding hydrogens is 1530 g/mol. The first-order chi connectivity index (χ1) is 55.7. The minimum Gasteiger partial charge on any atom is -0.460 e. The Hall–Kier alpha value is -13.1. The Bertz CT molecular complexity index is 4350. The number of esters is 2. The number of hydrogen-bond acceptors (Lipinski definition) is 24. The minimum atomic E-state index is -1.95. The van der Waals surface area contributed by atoms with Crippen LogP contribution >= 0.6 is 0 Å². The van der Waals surface area contributed by atoms with E-state index in [9.17, 15) is 77.2 Å². The number of nitro groups is 1. The number of carbonyl (C=O) groups excluding carboxylic acids is 14. The van der Waals surface area contributed by atoms with Crippen molar-refractivity contribution >= 4 is 106 Å². The summed E-state index contributed by atoms with van der Waals surface area (Å²) >= 11 is 0. The molecule has 0 radical (unpaired) electrons. The average molecular weight is 1640 g/mol. The highest BCUT2D eigenvalue weighted by atomic mass is 16.6. The third kappa shape index (κ3) is 31.2. The monoisotopic (exact) mass is 1640 g/mol. The lowest BCUT2D eigenvalue weighted by atomic mass is 9.98. The van der Waals surface area contributed by atoms with Crippen LogP contribution in [0.5, 0.6) is 0 Å². The molecule has 0 spiro atoms. The summed E-state index contributed by atoms with van der Waals surface area (Å²) in [5.74, 6) is -12.4. The molecule has 1 aliphatic carbocycles. The number of azo groups is 1. The zero-order valence-electron chi connectivity index (χ0n) is 68.3. The van der Waals surface area contributed by atoms with E-state index >= 15 is 0 Å². The molecule has 6 rings (SSSR count). The van der Waals surface area contributed by atoms with E-state index in [1.165, 1.54) is 56.9 Å². The molecule has 37 heteroatoms. The first-order valence-electron chi connectivity index (χ1n) is 38.3. The van der Waals surface area contributed by atoms with Gasteiger partial charge in [0.25, 0.3) is 5.69 Å². The first-order valence-corrected chi connectivity index (χ1v) is 38.3. The molecule has 7 atom stereocenters. The number of carbonyl (C=O) groups is 14. The molecule has 0 unspecified atom stereocenters. The number of nitrogens with one attached hydrogen (secondary N) is 10. The maximum atomic E-state index is 14.6. The summed E-state index contributed by atoms with van der Waals surface area (Å²) in [7, 11) is 0. The first kappa shape index (κ1) is 93.7. The van der Waals surface area contributed by atoms with Crippen LogP contribution in [-0.4, -0.2) is 206 Å². The number of amides is 12. The highest BCUT2D eigenvalue weighted by Gasteiger charge is 2.39. The van der Waals surface area contributed by atoms with Gasteiger partial charge in [0, 0.05) is 49.9 Å². The van der Waals surface area contributed by atoms with Gasteiger partial charge in [0.2, 0.25) is 53.2 Å². The van der Waals surface area contributed by atoms with E-state index in [2.05, 4.69) is 63.4 Å². The number of rotatable bonds is 41. The number of nitro benzene ring substituents is 1. The second kappa shape index (κ2) is 44.7. The van der Waals surface area contributed by atoms with Gasteiger partial charge < -0.3 is 87.5 Å². The molecule has 0 aromatic heterocycles. The van der Waals surface area contributed by atoms with E-state index in [4.69, 9.17) is 29.4 Å². The standard InChI is InChI=1S/C81H106N16O21/c1-14-95(54-32-28-52(29-33-54)93-94-53-30-34-55(35-31-53)97(112)113)36-37-96(79(111)115-46-60-58-26-20-18-24-56(58)57-25-19-21-27-59(57)60)44-67(101)84-43-66(100)91-69(48(4)5)75(107)88-62(76(108)117-80(8,9)10)39-68(102)116-50(7)70(92-77(109)114-45-51-22-16-15-17-23-51)74(106)85-40-63(73(105)87-49(6)71(103)86-42-65(99)83-41-64(82)98)89-72(104)61(38-47(2)3)90-78(110)118-81(11,12)13/h15-35,47-50,60-63,69-70H,14,36-46H2,1-13H3,(H2,82,98)(H,83,99)(H,84,101)(H,85,106)(H,86,103)(H,87,105)(H,88,107)(H,89,104)(H,90,110)(H,91,100)(H,92,109)/t49-,50+,61-,62-,63+,69-,70-/m0/s1. The summed E-state index contributed by atoms with van der Waals surface area (Å²) in [5, 5.41) is 43.6. The number of primary amides is 1. The Balaban J connectivity index is 1.17. The normalized spacial score (nSPS) is 13.4. The van der Waals surface area contributed by atoms with E-state index in [0.29, 0.717) is 23.5 Å². The lowest BCUT2D eigenvalue weighted by Crippen LogP contribution is -2.61. The van der Waals surface area contributed by atoms with Gasteiger partial charge in [0.1, 0.15) is 73.3 Å². The number of fused-ring (bicyclic) bond motifs is 3. The largest absolute Gasteiger partial charge is 0.460 e. The number of likely N-dealkylation sites (N-methyl/N-ethyl adjacent to an activating group) is 1. The third-order valence-electron chi connectivity index (χ3n) is 17.6. The number of alkyl carbamates (subject to hydrolysis) is 2. The van der Waals surface area contributed by atoms with Crippen LogP contribution in [0.4, 0.5) is 37.1 Å². The molecule has 5 aromatic carbocycles. The summed E-state index contributed by atoms with van der Waals surface area (Å²) in [4.78, 5) is 205. The molecule has 12 N–H and O–H groups in total. The van der Waals surface area contributed by atoms with Gasteiger partial charge in [-0.25, -0.2) is 19.2 Å². The molecule has 636 valence electrons. The smallest absolute Gasteiger partial charge is 0.410 e. The van der Waals surface area contributed by atoms with Crippen molar-refractivity contribution in [3.8, 4) is 11.1 Å². The van der Waals surface area contributed by atoms with Gasteiger partial charge in [-0.1, -0.05) is 107 Å². The predicted molar refractivity (Wildman–Crippen MR) is 430 cm³/mol. The van der Waals surface area contributed by atoms with Gasteiger partial charge in [-0.05, 0) is 145 Å². The SMILES string of the molecule is CCN(CCN(CC(=O)NCC(=O)N[C@H](C(=O)N[C@@H](CC(=O)O[C@H](C)[C@H](NC(=O)OCc1ccccc1)C(=O)NC[C@@H](NC(=O)[C@H](CC(C)C)NC(=O)OC(C)(C)C)C(=O)N[C@@H](C)C(=O)NCC(=O)NCC(N)=O)C(=O)OC(C)(C)C)C(C)C)C(=O)OCC1c2ccccc2-c2ccccc21)c1ccc(N=Nc2ccc([N+](=O)[O-])cc2)cc1. The third-order valence-corrected chi connectivity index (χ3v) is 17.6. The summed E-state index contributed by atoms with van der Waals surface area (Å²) < 4.78 is 28.1. The van der Waals surface area contributed by atoms with E-state index in [1.807, 2.05) is 60.4 Å². The van der Waals surface area contributed by atoms with Crippen LogP contribution in [0.2, 0.25) is 0 Å². The second-order valence-corrected chi connectivity index (χ2v) is 30.4. The topological polar surface area (TPSA) is 506 Å². The van der Waals surface area contributed by atoms with Crippen molar-refractivity contribution in [2.24, 2.45) is 27.8 Å². The molecule has 0 heterocycles. The summed E-state index contributed by atoms with van der Waals surface area (Å²) in [5.41, 5.74) is 8.73.